The molecule has 0 heterocycles. The Bertz CT molecular complexity index is 741. The lowest BCUT2D eigenvalue weighted by Crippen LogP contribution is -2.04. The van der Waals surface area contributed by atoms with Gasteiger partial charge in [-0.15, -0.1) is 0 Å². The van der Waals surface area contributed by atoms with Gasteiger partial charge in [0.15, 0.2) is 0 Å². The maximum absolute atomic E-state index is 11.0. The van der Waals surface area contributed by atoms with Crippen molar-refractivity contribution in [2.24, 2.45) is 0 Å². The molecule has 0 unspecified atom stereocenters. The van der Waals surface area contributed by atoms with Crippen LogP contribution in [0.1, 0.15) is 11.1 Å². The number of nitro groups is 1. The Hall–Kier alpha value is -1.91. The van der Waals surface area contributed by atoms with Crippen molar-refractivity contribution in [2.75, 3.05) is 5.32 Å². The minimum atomic E-state index is -0.420. The zero-order chi connectivity index (χ0) is 15.4. The summed E-state index contributed by atoms with van der Waals surface area (Å²) in [6.07, 6.45) is 0. The molecule has 0 aliphatic rings. The summed E-state index contributed by atoms with van der Waals surface area (Å²) in [5.41, 5.74) is 1.69. The van der Waals surface area contributed by atoms with Crippen molar-refractivity contribution in [3.63, 3.8) is 0 Å². The number of hydrogen-bond donors (Lipinski definition) is 1. The Labute approximate surface area is 138 Å². The van der Waals surface area contributed by atoms with Crippen LogP contribution in [0.25, 0.3) is 0 Å². The summed E-state index contributed by atoms with van der Waals surface area (Å²) in [6.45, 7) is 0.256. The van der Waals surface area contributed by atoms with Gasteiger partial charge < -0.3 is 5.32 Å². The smallest absolute Gasteiger partial charge is 0.274 e. The number of benzene rings is 2. The van der Waals surface area contributed by atoms with Gasteiger partial charge in [-0.2, -0.15) is 5.26 Å². The molecule has 0 aliphatic carbocycles. The molecule has 0 saturated heterocycles. The van der Waals surface area contributed by atoms with Crippen molar-refractivity contribution in [3.05, 3.63) is 66.6 Å². The molecular weight excluding hydrogens is 402 g/mol. The first kappa shape index (κ1) is 15.5. The van der Waals surface area contributed by atoms with Crippen LogP contribution in [0, 0.1) is 21.4 Å². The van der Waals surface area contributed by atoms with E-state index >= 15 is 0 Å². The molecule has 1 N–H and O–H groups in total. The van der Waals surface area contributed by atoms with E-state index in [0.717, 1.165) is 8.95 Å². The third-order valence-electron chi connectivity index (χ3n) is 2.81. The highest BCUT2D eigenvalue weighted by molar-refractivity contribution is 9.10. The van der Waals surface area contributed by atoms with Gasteiger partial charge in [0, 0.05) is 27.1 Å². The van der Waals surface area contributed by atoms with Crippen molar-refractivity contribution >= 4 is 43.2 Å². The first-order chi connectivity index (χ1) is 10.0. The lowest BCUT2D eigenvalue weighted by molar-refractivity contribution is -0.385. The molecule has 0 spiro atoms. The first-order valence-electron chi connectivity index (χ1n) is 5.87. The van der Waals surface area contributed by atoms with E-state index in [1.807, 2.05) is 0 Å². The van der Waals surface area contributed by atoms with Crippen LogP contribution >= 0.6 is 31.9 Å². The van der Waals surface area contributed by atoms with Gasteiger partial charge in [-0.1, -0.05) is 31.9 Å². The van der Waals surface area contributed by atoms with E-state index in [1.165, 1.54) is 6.07 Å². The van der Waals surface area contributed by atoms with Gasteiger partial charge in [-0.3, -0.25) is 10.1 Å². The molecule has 0 amide bonds. The maximum Gasteiger partial charge on any atom is 0.274 e. The Morgan fingerprint density at radius 2 is 1.86 bits per heavy atom. The minimum absolute atomic E-state index is 0.0429. The van der Waals surface area contributed by atoms with Crippen LogP contribution in [-0.2, 0) is 6.54 Å². The number of nitriles is 1. The fourth-order valence-corrected chi connectivity index (χ4v) is 2.60. The van der Waals surface area contributed by atoms with Crippen LogP contribution in [0.2, 0.25) is 0 Å². The molecule has 2 aromatic rings. The summed E-state index contributed by atoms with van der Waals surface area (Å²) >= 11 is 6.60. The average Bonchev–Trinajstić information content (AvgIpc) is 2.45. The van der Waals surface area contributed by atoms with Gasteiger partial charge in [-0.05, 0) is 30.3 Å². The molecule has 2 aromatic carbocycles. The normalized spacial score (nSPS) is 9.95. The summed E-state index contributed by atoms with van der Waals surface area (Å²) in [7, 11) is 0. The van der Waals surface area contributed by atoms with Crippen LogP contribution < -0.4 is 5.32 Å². The highest BCUT2D eigenvalue weighted by Crippen LogP contribution is 2.25. The predicted molar refractivity (Wildman–Crippen MR) is 87.0 cm³/mol. The molecule has 0 saturated carbocycles. The van der Waals surface area contributed by atoms with Gasteiger partial charge in [0.2, 0.25) is 0 Å². The van der Waals surface area contributed by atoms with E-state index in [1.54, 1.807) is 30.3 Å². The predicted octanol–water partition coefficient (Wildman–Crippen LogP) is 4.60. The molecule has 7 heteroatoms. The van der Waals surface area contributed by atoms with Gasteiger partial charge in [-0.25, -0.2) is 0 Å². The molecule has 0 fully saturated rings. The second-order valence-corrected chi connectivity index (χ2v) is 6.02. The minimum Gasteiger partial charge on any atom is -0.380 e. The zero-order valence-corrected chi connectivity index (χ0v) is 13.8. The number of hydrogen-bond acceptors (Lipinski definition) is 4. The van der Waals surface area contributed by atoms with Crippen molar-refractivity contribution in [1.29, 1.82) is 5.26 Å². The van der Waals surface area contributed by atoms with Crippen LogP contribution in [-0.4, -0.2) is 4.92 Å². The monoisotopic (exact) mass is 409 g/mol. The van der Waals surface area contributed by atoms with Crippen LogP contribution in [0.3, 0.4) is 0 Å². The number of rotatable bonds is 4. The Morgan fingerprint density at radius 3 is 2.52 bits per heavy atom. The van der Waals surface area contributed by atoms with E-state index in [0.29, 0.717) is 16.8 Å². The standard InChI is InChI=1S/C14H9Br2N3O2/c15-11-1-3-13(9(5-11)7-17)18-8-10-6-12(16)2-4-14(10)19(20)21/h1-6,18H,8H2. The van der Waals surface area contributed by atoms with Crippen LogP contribution in [0.4, 0.5) is 11.4 Å². The molecule has 0 atom stereocenters. The molecular formula is C14H9Br2N3O2. The van der Waals surface area contributed by atoms with E-state index < -0.39 is 4.92 Å². The molecule has 0 aliphatic heterocycles. The zero-order valence-electron chi connectivity index (χ0n) is 10.6. The van der Waals surface area contributed by atoms with Gasteiger partial charge in [0.1, 0.15) is 6.07 Å². The van der Waals surface area contributed by atoms with Crippen molar-refractivity contribution in [2.45, 2.75) is 6.54 Å². The second-order valence-electron chi connectivity index (χ2n) is 4.19. The van der Waals surface area contributed by atoms with E-state index in [-0.39, 0.29) is 12.2 Å². The van der Waals surface area contributed by atoms with Crippen LogP contribution in [0.15, 0.2) is 45.3 Å². The van der Waals surface area contributed by atoms with Gasteiger partial charge in [0.25, 0.3) is 5.69 Å². The third-order valence-corrected chi connectivity index (χ3v) is 3.80. The molecule has 0 radical (unpaired) electrons. The van der Waals surface area contributed by atoms with Crippen molar-refractivity contribution in [1.82, 2.24) is 0 Å². The Balaban J connectivity index is 2.27. The summed E-state index contributed by atoms with van der Waals surface area (Å²) in [6, 6.07) is 12.1. The Morgan fingerprint density at radius 1 is 1.19 bits per heavy atom. The summed E-state index contributed by atoms with van der Waals surface area (Å²) in [4.78, 5) is 10.6. The maximum atomic E-state index is 11.0. The molecule has 0 bridgehead atoms. The lowest BCUT2D eigenvalue weighted by atomic mass is 10.1. The average molecular weight is 411 g/mol. The topological polar surface area (TPSA) is 79.0 Å². The Kier molecular flexibility index (Phi) is 4.94. The van der Waals surface area contributed by atoms with Crippen LogP contribution in [0.5, 0.6) is 0 Å². The summed E-state index contributed by atoms with van der Waals surface area (Å²) in [5.74, 6) is 0. The fourth-order valence-electron chi connectivity index (χ4n) is 1.83. The molecule has 5 nitrogen and oxygen atoms in total. The quantitative estimate of drug-likeness (QED) is 0.589. The second kappa shape index (κ2) is 6.70. The number of anilines is 1. The summed E-state index contributed by atoms with van der Waals surface area (Å²) < 4.78 is 1.57. The first-order valence-corrected chi connectivity index (χ1v) is 7.46. The fraction of sp³-hybridized carbons (Fsp3) is 0.0714. The highest BCUT2D eigenvalue weighted by Gasteiger charge is 2.14. The SMILES string of the molecule is N#Cc1cc(Br)ccc1NCc1cc(Br)ccc1[N+](=O)[O-]. The van der Waals surface area contributed by atoms with E-state index in [9.17, 15) is 10.1 Å². The molecule has 0 aromatic heterocycles. The number of halogens is 2. The highest BCUT2D eigenvalue weighted by atomic mass is 79.9. The largest absolute Gasteiger partial charge is 0.380 e. The number of nitro benzene ring substituents is 1. The molecule has 21 heavy (non-hydrogen) atoms. The van der Waals surface area contributed by atoms with Gasteiger partial charge in [0.05, 0.1) is 16.2 Å². The summed E-state index contributed by atoms with van der Waals surface area (Å²) in [5, 5.41) is 23.2. The molecule has 106 valence electrons. The van der Waals surface area contributed by atoms with Gasteiger partial charge >= 0.3 is 0 Å². The van der Waals surface area contributed by atoms with Crippen molar-refractivity contribution in [3.8, 4) is 6.07 Å². The van der Waals surface area contributed by atoms with Crippen molar-refractivity contribution < 1.29 is 4.92 Å². The van der Waals surface area contributed by atoms with E-state index in [2.05, 4.69) is 43.2 Å². The lowest BCUT2D eigenvalue weighted by Gasteiger charge is -2.09. The number of nitrogens with zero attached hydrogens (tertiary/aromatic N) is 2. The number of nitrogens with one attached hydrogen (secondary N) is 1. The molecule has 2 rings (SSSR count). The third kappa shape index (κ3) is 3.80. The van der Waals surface area contributed by atoms with E-state index in [4.69, 9.17) is 5.26 Å².